The van der Waals surface area contributed by atoms with E-state index in [0.29, 0.717) is 21.5 Å². The summed E-state index contributed by atoms with van der Waals surface area (Å²) in [6, 6.07) is 1.71. The molecule has 0 amide bonds. The summed E-state index contributed by atoms with van der Waals surface area (Å²) in [6.07, 6.45) is 0. The van der Waals surface area contributed by atoms with E-state index >= 15 is 0 Å². The highest BCUT2D eigenvalue weighted by Crippen LogP contribution is 2.40. The van der Waals surface area contributed by atoms with E-state index in [-0.39, 0.29) is 12.4 Å². The van der Waals surface area contributed by atoms with Gasteiger partial charge in [-0.25, -0.2) is 4.79 Å². The lowest BCUT2D eigenvalue weighted by molar-refractivity contribution is 0.0691. The van der Waals surface area contributed by atoms with Gasteiger partial charge in [-0.3, -0.25) is 0 Å². The molecule has 0 aromatic heterocycles. The van der Waals surface area contributed by atoms with Gasteiger partial charge in [-0.1, -0.05) is 15.9 Å². The van der Waals surface area contributed by atoms with E-state index in [0.717, 1.165) is 0 Å². The highest BCUT2D eigenvalue weighted by atomic mass is 79.9. The van der Waals surface area contributed by atoms with Gasteiger partial charge in [0.05, 0.1) is 0 Å². The Labute approximate surface area is 88.6 Å². The molecule has 1 N–H and O–H groups in total. The standard InChI is InChI=1S/C9H7BrO4/c1-4-5(10)2-6-8(14-3-13-6)7(4)9(11)12/h2H,3H2,1H3,(H,11,12). The summed E-state index contributed by atoms with van der Waals surface area (Å²) >= 11 is 3.27. The number of rotatable bonds is 1. The summed E-state index contributed by atoms with van der Waals surface area (Å²) in [7, 11) is 0. The van der Waals surface area contributed by atoms with Crippen molar-refractivity contribution in [3.8, 4) is 11.5 Å². The number of carbonyl (C=O) groups is 1. The van der Waals surface area contributed by atoms with Crippen molar-refractivity contribution >= 4 is 21.9 Å². The molecular formula is C9H7BrO4. The zero-order valence-electron chi connectivity index (χ0n) is 7.33. The van der Waals surface area contributed by atoms with Crippen molar-refractivity contribution in [2.24, 2.45) is 0 Å². The number of aromatic carboxylic acids is 1. The Morgan fingerprint density at radius 2 is 2.29 bits per heavy atom. The van der Waals surface area contributed by atoms with Gasteiger partial charge in [0.2, 0.25) is 6.79 Å². The molecule has 4 nitrogen and oxygen atoms in total. The number of ether oxygens (including phenoxy) is 2. The van der Waals surface area contributed by atoms with E-state index in [1.54, 1.807) is 13.0 Å². The van der Waals surface area contributed by atoms with E-state index < -0.39 is 5.97 Å². The second kappa shape index (κ2) is 3.16. The zero-order chi connectivity index (χ0) is 10.3. The van der Waals surface area contributed by atoms with Crippen molar-refractivity contribution < 1.29 is 19.4 Å². The Kier molecular flexibility index (Phi) is 2.11. The average Bonchev–Trinajstić information content (AvgIpc) is 2.52. The van der Waals surface area contributed by atoms with Crippen LogP contribution in [-0.4, -0.2) is 17.9 Å². The molecule has 5 heteroatoms. The SMILES string of the molecule is Cc1c(Br)cc2c(c1C(=O)O)OCO2. The third-order valence-electron chi connectivity index (χ3n) is 2.07. The number of benzene rings is 1. The van der Waals surface area contributed by atoms with Crippen molar-refractivity contribution in [3.05, 3.63) is 21.7 Å². The van der Waals surface area contributed by atoms with E-state index in [1.807, 2.05) is 0 Å². The minimum absolute atomic E-state index is 0.0749. The molecule has 1 aromatic carbocycles. The smallest absolute Gasteiger partial charge is 0.339 e. The molecule has 2 rings (SSSR count). The topological polar surface area (TPSA) is 55.8 Å². The third-order valence-corrected chi connectivity index (χ3v) is 2.90. The van der Waals surface area contributed by atoms with Crippen LogP contribution in [0.1, 0.15) is 15.9 Å². The molecule has 1 aromatic rings. The van der Waals surface area contributed by atoms with Crippen LogP contribution >= 0.6 is 15.9 Å². The Bertz CT molecular complexity index is 414. The first-order valence-corrected chi connectivity index (χ1v) is 4.72. The first-order valence-electron chi connectivity index (χ1n) is 3.93. The fourth-order valence-corrected chi connectivity index (χ4v) is 1.77. The fraction of sp³-hybridized carbons (Fsp3) is 0.222. The summed E-state index contributed by atoms with van der Waals surface area (Å²) in [5.74, 6) is -0.219. The molecule has 0 saturated carbocycles. The molecule has 0 radical (unpaired) electrons. The summed E-state index contributed by atoms with van der Waals surface area (Å²) in [6.45, 7) is 1.79. The van der Waals surface area contributed by atoms with Crippen LogP contribution in [0, 0.1) is 6.92 Å². The highest BCUT2D eigenvalue weighted by Gasteiger charge is 2.25. The number of halogens is 1. The zero-order valence-corrected chi connectivity index (χ0v) is 8.92. The maximum Gasteiger partial charge on any atom is 0.339 e. The number of hydrogen-bond donors (Lipinski definition) is 1. The Morgan fingerprint density at radius 3 is 2.93 bits per heavy atom. The summed E-state index contributed by atoms with van der Waals surface area (Å²) < 4.78 is 10.9. The minimum atomic E-state index is -1.01. The summed E-state index contributed by atoms with van der Waals surface area (Å²) in [5.41, 5.74) is 0.800. The Balaban J connectivity index is 2.72. The predicted molar refractivity (Wildman–Crippen MR) is 52.0 cm³/mol. The lowest BCUT2D eigenvalue weighted by Crippen LogP contribution is -2.02. The van der Waals surface area contributed by atoms with Crippen LogP contribution in [0.3, 0.4) is 0 Å². The van der Waals surface area contributed by atoms with Crippen LogP contribution in [0.15, 0.2) is 10.5 Å². The molecule has 14 heavy (non-hydrogen) atoms. The molecule has 1 aliphatic rings. The summed E-state index contributed by atoms with van der Waals surface area (Å²) in [4.78, 5) is 11.0. The predicted octanol–water partition coefficient (Wildman–Crippen LogP) is 2.18. The van der Waals surface area contributed by atoms with Gasteiger partial charge in [-0.15, -0.1) is 0 Å². The first kappa shape index (κ1) is 9.33. The molecule has 1 heterocycles. The van der Waals surface area contributed by atoms with Gasteiger partial charge in [-0.2, -0.15) is 0 Å². The van der Waals surface area contributed by atoms with Crippen LogP contribution in [0.5, 0.6) is 11.5 Å². The monoisotopic (exact) mass is 258 g/mol. The fourth-order valence-electron chi connectivity index (χ4n) is 1.36. The molecule has 0 unspecified atom stereocenters. The Hall–Kier alpha value is -1.23. The Morgan fingerprint density at radius 1 is 1.57 bits per heavy atom. The van der Waals surface area contributed by atoms with Gasteiger partial charge in [-0.05, 0) is 18.6 Å². The minimum Gasteiger partial charge on any atom is -0.478 e. The molecular weight excluding hydrogens is 252 g/mol. The van der Waals surface area contributed by atoms with E-state index in [1.165, 1.54) is 0 Å². The molecule has 0 atom stereocenters. The van der Waals surface area contributed by atoms with E-state index in [9.17, 15) is 4.79 Å². The van der Waals surface area contributed by atoms with Crippen molar-refractivity contribution in [1.82, 2.24) is 0 Å². The quantitative estimate of drug-likeness (QED) is 0.839. The van der Waals surface area contributed by atoms with Crippen molar-refractivity contribution in [1.29, 1.82) is 0 Å². The molecule has 0 aliphatic carbocycles. The van der Waals surface area contributed by atoms with E-state index in [2.05, 4.69) is 15.9 Å². The maximum absolute atomic E-state index is 11.0. The lowest BCUT2D eigenvalue weighted by atomic mass is 10.1. The number of hydrogen-bond acceptors (Lipinski definition) is 3. The lowest BCUT2D eigenvalue weighted by Gasteiger charge is -2.06. The van der Waals surface area contributed by atoms with Gasteiger partial charge < -0.3 is 14.6 Å². The van der Waals surface area contributed by atoms with Gasteiger partial charge in [0.15, 0.2) is 11.5 Å². The van der Waals surface area contributed by atoms with Crippen molar-refractivity contribution in [3.63, 3.8) is 0 Å². The van der Waals surface area contributed by atoms with E-state index in [4.69, 9.17) is 14.6 Å². The van der Waals surface area contributed by atoms with Gasteiger partial charge >= 0.3 is 5.97 Å². The van der Waals surface area contributed by atoms with Crippen molar-refractivity contribution in [2.45, 2.75) is 6.92 Å². The number of fused-ring (bicyclic) bond motifs is 1. The highest BCUT2D eigenvalue weighted by molar-refractivity contribution is 9.10. The van der Waals surface area contributed by atoms with Crippen LogP contribution in [0.4, 0.5) is 0 Å². The first-order chi connectivity index (χ1) is 6.61. The number of carboxylic acids is 1. The van der Waals surface area contributed by atoms with Crippen LogP contribution in [0.25, 0.3) is 0 Å². The molecule has 74 valence electrons. The maximum atomic E-state index is 11.0. The molecule has 0 spiro atoms. The van der Waals surface area contributed by atoms with Gasteiger partial charge in [0.25, 0.3) is 0 Å². The second-order valence-corrected chi connectivity index (χ2v) is 3.75. The molecule has 1 aliphatic heterocycles. The van der Waals surface area contributed by atoms with Crippen LogP contribution in [0.2, 0.25) is 0 Å². The van der Waals surface area contributed by atoms with Gasteiger partial charge in [0.1, 0.15) is 5.56 Å². The molecule has 0 saturated heterocycles. The average molecular weight is 259 g/mol. The number of carboxylic acid groups (broad SMARTS) is 1. The third kappa shape index (κ3) is 1.24. The van der Waals surface area contributed by atoms with Crippen LogP contribution < -0.4 is 9.47 Å². The molecule has 0 bridgehead atoms. The largest absolute Gasteiger partial charge is 0.478 e. The normalized spacial score (nSPS) is 13.0. The van der Waals surface area contributed by atoms with Crippen LogP contribution in [-0.2, 0) is 0 Å². The molecule has 0 fully saturated rings. The van der Waals surface area contributed by atoms with Gasteiger partial charge in [0, 0.05) is 4.47 Å². The summed E-state index contributed by atoms with van der Waals surface area (Å²) in [5, 5.41) is 9.00. The second-order valence-electron chi connectivity index (χ2n) is 2.90. The van der Waals surface area contributed by atoms with Crippen molar-refractivity contribution in [2.75, 3.05) is 6.79 Å².